The highest BCUT2D eigenvalue weighted by molar-refractivity contribution is 6.30. The Labute approximate surface area is 110 Å². The molecule has 1 aromatic heterocycles. The van der Waals surface area contributed by atoms with Crippen molar-refractivity contribution >= 4 is 17.5 Å². The third-order valence-electron chi connectivity index (χ3n) is 2.58. The van der Waals surface area contributed by atoms with E-state index in [4.69, 9.17) is 16.3 Å². The van der Waals surface area contributed by atoms with E-state index in [0.29, 0.717) is 13.1 Å². The number of hydrogen-bond acceptors (Lipinski definition) is 4. The summed E-state index contributed by atoms with van der Waals surface area (Å²) in [5, 5.41) is -0.00552. The first-order valence-electron chi connectivity index (χ1n) is 5.61. The lowest BCUT2D eigenvalue weighted by atomic mass is 10.4. The summed E-state index contributed by atoms with van der Waals surface area (Å²) in [5.41, 5.74) is -0.460. The highest BCUT2D eigenvalue weighted by atomic mass is 35.5. The van der Waals surface area contributed by atoms with E-state index in [2.05, 4.69) is 4.98 Å². The normalized spacial score (nSPS) is 10.2. The number of halogens is 1. The molecule has 0 radical (unpaired) electrons. The molecule has 1 heterocycles. The summed E-state index contributed by atoms with van der Waals surface area (Å²) in [4.78, 5) is 29.2. The fourth-order valence-electron chi connectivity index (χ4n) is 1.56. The number of likely N-dealkylation sites (N-methyl/N-ethyl adjacent to an activating group) is 1. The van der Waals surface area contributed by atoms with Crippen molar-refractivity contribution in [2.24, 2.45) is 0 Å². The lowest BCUT2D eigenvalue weighted by Gasteiger charge is -2.19. The number of carbonyl (C=O) groups excluding carboxylic acids is 1. The Morgan fingerprint density at radius 3 is 2.61 bits per heavy atom. The Morgan fingerprint density at radius 2 is 2.11 bits per heavy atom. The van der Waals surface area contributed by atoms with Crippen LogP contribution < -0.4 is 10.3 Å². The maximum absolute atomic E-state index is 11.9. The predicted molar refractivity (Wildman–Crippen MR) is 68.0 cm³/mol. The standard InChI is InChI=1S/C11H16ClN3O3/c1-4-14(5-2)8(16)6-15-7-13-10(12)9(18-3)11(15)17/h7H,4-6H2,1-3H3. The third-order valence-corrected chi connectivity index (χ3v) is 2.85. The van der Waals surface area contributed by atoms with Crippen LogP contribution in [-0.4, -0.2) is 40.6 Å². The minimum atomic E-state index is -0.460. The van der Waals surface area contributed by atoms with Crippen molar-refractivity contribution in [2.75, 3.05) is 20.2 Å². The van der Waals surface area contributed by atoms with Crippen LogP contribution in [0.5, 0.6) is 5.75 Å². The molecule has 6 nitrogen and oxygen atoms in total. The molecule has 0 atom stereocenters. The largest absolute Gasteiger partial charge is 0.489 e. The summed E-state index contributed by atoms with van der Waals surface area (Å²) in [5.74, 6) is -0.195. The lowest BCUT2D eigenvalue weighted by molar-refractivity contribution is -0.131. The summed E-state index contributed by atoms with van der Waals surface area (Å²) in [7, 11) is 1.33. The van der Waals surface area contributed by atoms with E-state index in [1.807, 2.05) is 13.8 Å². The van der Waals surface area contributed by atoms with E-state index in [9.17, 15) is 9.59 Å². The first kappa shape index (κ1) is 14.5. The van der Waals surface area contributed by atoms with E-state index in [1.165, 1.54) is 18.0 Å². The number of aromatic nitrogens is 2. The van der Waals surface area contributed by atoms with Gasteiger partial charge in [-0.25, -0.2) is 4.98 Å². The van der Waals surface area contributed by atoms with Gasteiger partial charge in [0.25, 0.3) is 5.56 Å². The maximum atomic E-state index is 11.9. The predicted octanol–water partition coefficient (Wildman–Crippen LogP) is 0.774. The molecule has 0 aromatic carbocycles. The van der Waals surface area contributed by atoms with E-state index >= 15 is 0 Å². The monoisotopic (exact) mass is 273 g/mol. The molecule has 0 saturated heterocycles. The minimum Gasteiger partial charge on any atom is -0.489 e. The van der Waals surface area contributed by atoms with Gasteiger partial charge in [-0.05, 0) is 13.8 Å². The molecule has 18 heavy (non-hydrogen) atoms. The van der Waals surface area contributed by atoms with Gasteiger partial charge in [0.2, 0.25) is 11.7 Å². The van der Waals surface area contributed by atoms with Gasteiger partial charge in [0, 0.05) is 13.1 Å². The Kier molecular flexibility index (Phi) is 5.15. The van der Waals surface area contributed by atoms with Gasteiger partial charge in [0.15, 0.2) is 5.15 Å². The Hall–Kier alpha value is -1.56. The van der Waals surface area contributed by atoms with Crippen LogP contribution in [0.2, 0.25) is 5.15 Å². The molecule has 0 aliphatic rings. The number of hydrogen-bond donors (Lipinski definition) is 0. The zero-order valence-corrected chi connectivity index (χ0v) is 11.4. The van der Waals surface area contributed by atoms with Crippen LogP contribution in [0.25, 0.3) is 0 Å². The average Bonchev–Trinajstić information content (AvgIpc) is 2.35. The summed E-state index contributed by atoms with van der Waals surface area (Å²) in [6.07, 6.45) is 1.24. The van der Waals surface area contributed by atoms with Crippen LogP contribution in [0.1, 0.15) is 13.8 Å². The summed E-state index contributed by atoms with van der Waals surface area (Å²) >= 11 is 5.71. The van der Waals surface area contributed by atoms with Crippen LogP contribution in [0, 0.1) is 0 Å². The van der Waals surface area contributed by atoms with Gasteiger partial charge in [-0.3, -0.25) is 14.2 Å². The van der Waals surface area contributed by atoms with Crippen molar-refractivity contribution in [3.05, 3.63) is 21.8 Å². The fraction of sp³-hybridized carbons (Fsp3) is 0.545. The van der Waals surface area contributed by atoms with Gasteiger partial charge in [0.1, 0.15) is 6.54 Å². The minimum absolute atomic E-state index is 0.00552. The van der Waals surface area contributed by atoms with Gasteiger partial charge in [0.05, 0.1) is 13.4 Å². The van der Waals surface area contributed by atoms with Crippen molar-refractivity contribution < 1.29 is 9.53 Å². The summed E-state index contributed by atoms with van der Waals surface area (Å²) in [6.45, 7) is 4.89. The molecular formula is C11H16ClN3O3. The summed E-state index contributed by atoms with van der Waals surface area (Å²) in [6, 6.07) is 0. The number of nitrogens with zero attached hydrogens (tertiary/aromatic N) is 3. The van der Waals surface area contributed by atoms with Crippen molar-refractivity contribution in [1.29, 1.82) is 0 Å². The SMILES string of the molecule is CCN(CC)C(=O)Cn1cnc(Cl)c(OC)c1=O. The molecule has 0 N–H and O–H groups in total. The second kappa shape index (κ2) is 6.39. The van der Waals surface area contributed by atoms with E-state index < -0.39 is 5.56 Å². The smallest absolute Gasteiger partial charge is 0.297 e. The van der Waals surface area contributed by atoms with E-state index in [0.717, 1.165) is 0 Å². The molecule has 7 heteroatoms. The van der Waals surface area contributed by atoms with Crippen molar-refractivity contribution in [2.45, 2.75) is 20.4 Å². The quantitative estimate of drug-likeness (QED) is 0.744. The molecule has 1 rings (SSSR count). The van der Waals surface area contributed by atoms with E-state index in [1.54, 1.807) is 4.90 Å². The van der Waals surface area contributed by atoms with Gasteiger partial charge < -0.3 is 9.64 Å². The average molecular weight is 274 g/mol. The van der Waals surface area contributed by atoms with Crippen LogP contribution in [-0.2, 0) is 11.3 Å². The molecule has 100 valence electrons. The van der Waals surface area contributed by atoms with Crippen LogP contribution >= 0.6 is 11.6 Å². The zero-order valence-electron chi connectivity index (χ0n) is 10.6. The number of amides is 1. The fourth-order valence-corrected chi connectivity index (χ4v) is 1.76. The van der Waals surface area contributed by atoms with E-state index in [-0.39, 0.29) is 23.4 Å². The Morgan fingerprint density at radius 1 is 1.50 bits per heavy atom. The molecule has 0 aliphatic carbocycles. The van der Waals surface area contributed by atoms with Crippen molar-refractivity contribution in [1.82, 2.24) is 14.5 Å². The zero-order chi connectivity index (χ0) is 13.7. The van der Waals surface area contributed by atoms with Gasteiger partial charge in [-0.2, -0.15) is 0 Å². The van der Waals surface area contributed by atoms with Crippen molar-refractivity contribution in [3.63, 3.8) is 0 Å². The van der Waals surface area contributed by atoms with Crippen LogP contribution in [0.4, 0.5) is 0 Å². The molecule has 1 aromatic rings. The molecule has 0 bridgehead atoms. The Bertz CT molecular complexity index is 483. The van der Waals surface area contributed by atoms with Crippen LogP contribution in [0.15, 0.2) is 11.1 Å². The maximum Gasteiger partial charge on any atom is 0.297 e. The van der Waals surface area contributed by atoms with Gasteiger partial charge in [-0.15, -0.1) is 0 Å². The topological polar surface area (TPSA) is 64.4 Å². The van der Waals surface area contributed by atoms with Gasteiger partial charge in [-0.1, -0.05) is 11.6 Å². The molecule has 0 fully saturated rings. The van der Waals surface area contributed by atoms with Crippen molar-refractivity contribution in [3.8, 4) is 5.75 Å². The molecule has 1 amide bonds. The lowest BCUT2D eigenvalue weighted by Crippen LogP contribution is -2.36. The number of ether oxygens (including phenoxy) is 1. The highest BCUT2D eigenvalue weighted by Crippen LogP contribution is 2.14. The second-order valence-electron chi connectivity index (χ2n) is 3.57. The molecule has 0 unspecified atom stereocenters. The summed E-state index contributed by atoms with van der Waals surface area (Å²) < 4.78 is 6.04. The molecular weight excluding hydrogens is 258 g/mol. The van der Waals surface area contributed by atoms with Gasteiger partial charge >= 0.3 is 0 Å². The number of carbonyl (C=O) groups is 1. The first-order chi connectivity index (χ1) is 8.54. The first-order valence-corrected chi connectivity index (χ1v) is 5.99. The highest BCUT2D eigenvalue weighted by Gasteiger charge is 2.15. The Balaban J connectivity index is 2.99. The molecule has 0 spiro atoms. The second-order valence-corrected chi connectivity index (χ2v) is 3.93. The number of rotatable bonds is 5. The number of methoxy groups -OCH3 is 1. The third kappa shape index (κ3) is 3.01. The molecule has 0 saturated carbocycles. The van der Waals surface area contributed by atoms with Crippen LogP contribution in [0.3, 0.4) is 0 Å². The molecule has 0 aliphatic heterocycles.